The number of ether oxygens (including phenoxy) is 1. The van der Waals surface area contributed by atoms with Crippen LogP contribution in [0.5, 0.6) is 5.75 Å². The number of nitrogens with zero attached hydrogens (tertiary/aromatic N) is 4. The maximum absolute atomic E-state index is 14.2. The van der Waals surface area contributed by atoms with Crippen LogP contribution in [0.25, 0.3) is 16.6 Å². The number of para-hydroxylation sites is 1. The number of benzene rings is 2. The second-order valence-electron chi connectivity index (χ2n) is 8.09. The van der Waals surface area contributed by atoms with Gasteiger partial charge in [-0.05, 0) is 57.5 Å². The molecule has 1 N–H and O–H groups in total. The minimum absolute atomic E-state index is 0.00864. The molecule has 2 heterocycles. The molecule has 182 valence electrons. The van der Waals surface area contributed by atoms with E-state index in [0.717, 1.165) is 35.8 Å². The number of aryl methyl sites for hydroxylation is 2. The van der Waals surface area contributed by atoms with Gasteiger partial charge >= 0.3 is 0 Å². The zero-order valence-electron chi connectivity index (χ0n) is 20.6. The summed E-state index contributed by atoms with van der Waals surface area (Å²) < 4.78 is 44.1. The molecule has 0 aliphatic heterocycles. The maximum atomic E-state index is 14.2. The van der Waals surface area contributed by atoms with Crippen LogP contribution in [0.3, 0.4) is 0 Å². The lowest BCUT2D eigenvalue weighted by molar-refractivity contribution is -0.126. The van der Waals surface area contributed by atoms with Gasteiger partial charge in [0.05, 0.1) is 18.1 Å². The Hall–Kier alpha value is -3.59. The number of amides is 1. The summed E-state index contributed by atoms with van der Waals surface area (Å²) in [5, 5.41) is 7.35. The fourth-order valence-corrected chi connectivity index (χ4v) is 4.00. The van der Waals surface area contributed by atoms with E-state index in [1.54, 1.807) is 16.8 Å². The van der Waals surface area contributed by atoms with Crippen molar-refractivity contribution >= 4 is 28.4 Å². The van der Waals surface area contributed by atoms with Crippen molar-refractivity contribution in [3.05, 3.63) is 76.2 Å². The molecule has 0 saturated carbocycles. The van der Waals surface area contributed by atoms with Crippen molar-refractivity contribution in [2.45, 2.75) is 46.5 Å². The van der Waals surface area contributed by atoms with E-state index in [4.69, 9.17) is 17.7 Å². The SMILES string of the molecule is [2H][C@@](C)(NC(=O)[C@H](C)F)c1cc(F)cc(Cl)c1COc1cccc2c(-n3ncnc3C)cc(C)nc12. The number of carbonyl (C=O) groups excluding carboxylic acids is 1. The van der Waals surface area contributed by atoms with Gasteiger partial charge in [-0.15, -0.1) is 0 Å². The van der Waals surface area contributed by atoms with E-state index in [1.165, 1.54) is 13.3 Å². The third-order valence-corrected chi connectivity index (χ3v) is 5.80. The first kappa shape index (κ1) is 23.2. The topological polar surface area (TPSA) is 81.9 Å². The average molecular weight is 501 g/mol. The van der Waals surface area contributed by atoms with Gasteiger partial charge in [0.15, 0.2) is 6.17 Å². The van der Waals surface area contributed by atoms with Crippen molar-refractivity contribution in [1.29, 1.82) is 0 Å². The van der Waals surface area contributed by atoms with Gasteiger partial charge in [-0.2, -0.15) is 5.10 Å². The van der Waals surface area contributed by atoms with Crippen LogP contribution in [0.15, 0.2) is 42.7 Å². The summed E-state index contributed by atoms with van der Waals surface area (Å²) in [7, 11) is 0. The molecule has 2 aromatic heterocycles. The number of rotatable bonds is 7. The van der Waals surface area contributed by atoms with Gasteiger partial charge in [0, 0.05) is 16.6 Å². The van der Waals surface area contributed by atoms with Crippen molar-refractivity contribution in [3.8, 4) is 11.4 Å². The fraction of sp³-hybridized carbons (Fsp3) is 0.280. The predicted octanol–water partition coefficient (Wildman–Crippen LogP) is 5.34. The first-order valence-electron chi connectivity index (χ1n) is 11.3. The summed E-state index contributed by atoms with van der Waals surface area (Å²) in [6, 6.07) is 7.62. The van der Waals surface area contributed by atoms with Gasteiger partial charge in [0.25, 0.3) is 5.91 Å². The summed E-state index contributed by atoms with van der Waals surface area (Å²) in [6.45, 7) is 5.90. The Morgan fingerprint density at radius 2 is 2.06 bits per heavy atom. The summed E-state index contributed by atoms with van der Waals surface area (Å²) in [6.07, 6.45) is -0.374. The van der Waals surface area contributed by atoms with E-state index in [9.17, 15) is 13.6 Å². The van der Waals surface area contributed by atoms with Crippen molar-refractivity contribution < 1.29 is 19.7 Å². The van der Waals surface area contributed by atoms with Crippen molar-refractivity contribution in [2.75, 3.05) is 0 Å². The highest BCUT2D eigenvalue weighted by molar-refractivity contribution is 6.31. The molecule has 2 aromatic carbocycles. The molecule has 0 fully saturated rings. The van der Waals surface area contributed by atoms with Gasteiger partial charge < -0.3 is 10.1 Å². The predicted molar refractivity (Wildman–Crippen MR) is 129 cm³/mol. The Morgan fingerprint density at radius 3 is 2.74 bits per heavy atom. The molecular weight excluding hydrogens is 476 g/mol. The molecule has 10 heteroatoms. The van der Waals surface area contributed by atoms with Crippen LogP contribution in [0.4, 0.5) is 8.78 Å². The number of alkyl halides is 1. The molecule has 0 unspecified atom stereocenters. The van der Waals surface area contributed by atoms with E-state index >= 15 is 0 Å². The van der Waals surface area contributed by atoms with Gasteiger partial charge in [0.2, 0.25) is 0 Å². The molecule has 4 rings (SSSR count). The molecule has 0 aliphatic rings. The fourth-order valence-electron chi connectivity index (χ4n) is 3.74. The Labute approximate surface area is 207 Å². The Bertz CT molecular complexity index is 1460. The van der Waals surface area contributed by atoms with Gasteiger partial charge in [-0.25, -0.2) is 23.4 Å². The average Bonchev–Trinajstić information content (AvgIpc) is 3.22. The molecule has 0 saturated heterocycles. The van der Waals surface area contributed by atoms with Gasteiger partial charge in [0.1, 0.15) is 35.8 Å². The Morgan fingerprint density at radius 1 is 1.29 bits per heavy atom. The van der Waals surface area contributed by atoms with Crippen LogP contribution in [0.1, 0.15) is 43.9 Å². The number of fused-ring (bicyclic) bond motifs is 1. The van der Waals surface area contributed by atoms with Crippen molar-refractivity contribution in [1.82, 2.24) is 25.1 Å². The first-order valence-corrected chi connectivity index (χ1v) is 11.2. The van der Waals surface area contributed by atoms with Crippen LogP contribution < -0.4 is 10.1 Å². The molecule has 7 nitrogen and oxygen atoms in total. The largest absolute Gasteiger partial charge is 0.487 e. The van der Waals surface area contributed by atoms with Crippen LogP contribution >= 0.6 is 11.6 Å². The number of hydrogen-bond donors (Lipinski definition) is 1. The molecule has 4 aromatic rings. The van der Waals surface area contributed by atoms with Crippen molar-refractivity contribution in [2.24, 2.45) is 0 Å². The molecule has 0 radical (unpaired) electrons. The molecule has 1 amide bonds. The molecule has 35 heavy (non-hydrogen) atoms. The summed E-state index contributed by atoms with van der Waals surface area (Å²) in [5.74, 6) is -0.565. The quantitative estimate of drug-likeness (QED) is 0.370. The van der Waals surface area contributed by atoms with Crippen LogP contribution in [0, 0.1) is 19.7 Å². The highest BCUT2D eigenvalue weighted by Gasteiger charge is 2.21. The smallest absolute Gasteiger partial charge is 0.254 e. The van der Waals surface area contributed by atoms with E-state index in [0.29, 0.717) is 17.1 Å². The molecule has 0 aliphatic carbocycles. The maximum Gasteiger partial charge on any atom is 0.254 e. The zero-order valence-corrected chi connectivity index (χ0v) is 20.3. The van der Waals surface area contributed by atoms with Crippen molar-refractivity contribution in [3.63, 3.8) is 0 Å². The lowest BCUT2D eigenvalue weighted by atomic mass is 10.0. The number of halogens is 3. The van der Waals surface area contributed by atoms with Crippen LogP contribution in [0.2, 0.25) is 5.02 Å². The highest BCUT2D eigenvalue weighted by atomic mass is 35.5. The van der Waals surface area contributed by atoms with E-state index in [2.05, 4.69) is 20.4 Å². The normalized spacial score (nSPS) is 14.3. The molecular formula is C25H24ClF2N5O2. The summed E-state index contributed by atoms with van der Waals surface area (Å²) >= 11 is 6.34. The second-order valence-corrected chi connectivity index (χ2v) is 8.49. The van der Waals surface area contributed by atoms with Crippen LogP contribution in [-0.2, 0) is 11.4 Å². The lowest BCUT2D eigenvalue weighted by Crippen LogP contribution is -2.33. The van der Waals surface area contributed by atoms with Gasteiger partial charge in [-0.1, -0.05) is 23.7 Å². The van der Waals surface area contributed by atoms with E-state index in [-0.39, 0.29) is 22.8 Å². The minimum atomic E-state index is -1.87. The lowest BCUT2D eigenvalue weighted by Gasteiger charge is -2.20. The number of aromatic nitrogens is 4. The summed E-state index contributed by atoms with van der Waals surface area (Å²) in [5.41, 5.74) is 2.39. The number of pyridine rings is 1. The standard InChI is InChI=1S/C25H24ClF2N5O2/c1-13-8-22(33-16(4)29-12-30-33)18-6-5-7-23(24(18)31-13)35-11-20-19(9-17(28)10-21(20)26)15(3)32-25(34)14(2)27/h5-10,12,14-15H,11H2,1-4H3,(H,32,34)/t14-,15-/m0/s1/i15D. The Kier molecular flexibility index (Phi) is 6.59. The third kappa shape index (κ3) is 5.09. The van der Waals surface area contributed by atoms with Gasteiger partial charge in [-0.3, -0.25) is 4.79 Å². The van der Waals surface area contributed by atoms with E-state index < -0.39 is 23.9 Å². The van der Waals surface area contributed by atoms with Crippen LogP contribution in [-0.4, -0.2) is 31.8 Å². The molecule has 2 atom stereocenters. The first-order chi connectivity index (χ1) is 17.0. The minimum Gasteiger partial charge on any atom is -0.487 e. The molecule has 0 bridgehead atoms. The number of carbonyl (C=O) groups is 1. The zero-order chi connectivity index (χ0) is 26.2. The third-order valence-electron chi connectivity index (χ3n) is 5.46. The molecule has 0 spiro atoms. The number of hydrogen-bond acceptors (Lipinski definition) is 5. The second kappa shape index (κ2) is 9.95. The number of nitrogens with one attached hydrogen (secondary N) is 1. The summed E-state index contributed by atoms with van der Waals surface area (Å²) in [4.78, 5) is 20.8. The Balaban J connectivity index is 1.74. The van der Waals surface area contributed by atoms with E-state index in [1.807, 2.05) is 26.0 Å². The monoisotopic (exact) mass is 500 g/mol. The highest BCUT2D eigenvalue weighted by Crippen LogP contribution is 2.32.